The fourth-order valence-electron chi connectivity index (χ4n) is 3.22. The molecule has 0 amide bonds. The molecule has 6 nitrogen and oxygen atoms in total. The minimum Gasteiger partial charge on any atom is -0.274 e. The Morgan fingerprint density at radius 1 is 1.21 bits per heavy atom. The lowest BCUT2D eigenvalue weighted by Gasteiger charge is -2.12. The van der Waals surface area contributed by atoms with Crippen molar-refractivity contribution in [2.24, 2.45) is 0 Å². The van der Waals surface area contributed by atoms with Gasteiger partial charge in [0.1, 0.15) is 22.1 Å². The van der Waals surface area contributed by atoms with Crippen molar-refractivity contribution in [3.8, 4) is 0 Å². The van der Waals surface area contributed by atoms with Gasteiger partial charge in [-0.3, -0.25) is 14.3 Å². The van der Waals surface area contributed by atoms with E-state index in [-0.39, 0.29) is 11.9 Å². The molecule has 0 radical (unpaired) electrons. The Balaban J connectivity index is 1.63. The third-order valence-electron chi connectivity index (χ3n) is 5.00. The Bertz CT molecular complexity index is 1220. The standard InChI is InChI=1S/C19H16BrFN4O2S/c20-13-7-11(21)4-3-10(13)8-28-18-14-16(22-15(23-18)9-1-2-9)25(12-5-6-12)19(27)24-17(14)26/h3-4,7,9,12H,1-2,5-6,8H2,(H,24,26,27). The van der Waals surface area contributed by atoms with E-state index in [2.05, 4.69) is 30.9 Å². The van der Waals surface area contributed by atoms with E-state index < -0.39 is 11.2 Å². The van der Waals surface area contributed by atoms with Crippen molar-refractivity contribution in [2.45, 2.75) is 48.4 Å². The number of nitrogens with zero attached hydrogens (tertiary/aromatic N) is 3. The highest BCUT2D eigenvalue weighted by Gasteiger charge is 2.32. The van der Waals surface area contributed by atoms with E-state index in [0.717, 1.165) is 31.2 Å². The van der Waals surface area contributed by atoms with Crippen LogP contribution in [0.15, 0.2) is 37.3 Å². The average molecular weight is 463 g/mol. The summed E-state index contributed by atoms with van der Waals surface area (Å²) < 4.78 is 15.6. The van der Waals surface area contributed by atoms with Gasteiger partial charge in [-0.15, -0.1) is 11.8 Å². The van der Waals surface area contributed by atoms with Crippen molar-refractivity contribution < 1.29 is 4.39 Å². The quantitative estimate of drug-likeness (QED) is 0.459. The van der Waals surface area contributed by atoms with Gasteiger partial charge in [0.2, 0.25) is 0 Å². The van der Waals surface area contributed by atoms with Crippen molar-refractivity contribution in [1.29, 1.82) is 0 Å². The van der Waals surface area contributed by atoms with Gasteiger partial charge in [0, 0.05) is 22.2 Å². The number of benzene rings is 1. The molecule has 0 atom stereocenters. The van der Waals surface area contributed by atoms with Crippen molar-refractivity contribution in [3.63, 3.8) is 0 Å². The molecule has 2 aliphatic carbocycles. The van der Waals surface area contributed by atoms with Gasteiger partial charge in [-0.25, -0.2) is 19.2 Å². The molecular formula is C19H16BrFN4O2S. The normalized spacial score (nSPS) is 16.6. The number of aromatic nitrogens is 4. The van der Waals surface area contributed by atoms with Crippen LogP contribution in [0.5, 0.6) is 0 Å². The van der Waals surface area contributed by atoms with Gasteiger partial charge in [-0.2, -0.15) is 0 Å². The molecule has 1 N–H and O–H groups in total. The van der Waals surface area contributed by atoms with Gasteiger partial charge < -0.3 is 0 Å². The Hall–Kier alpha value is -2.00. The first-order chi connectivity index (χ1) is 13.5. The molecule has 0 unspecified atom stereocenters. The van der Waals surface area contributed by atoms with Crippen LogP contribution in [0.4, 0.5) is 4.39 Å². The fraction of sp³-hybridized carbons (Fsp3) is 0.368. The summed E-state index contributed by atoms with van der Waals surface area (Å²) in [6.45, 7) is 0. The first-order valence-electron chi connectivity index (χ1n) is 9.14. The predicted molar refractivity (Wildman–Crippen MR) is 108 cm³/mol. The van der Waals surface area contributed by atoms with Gasteiger partial charge in [0.15, 0.2) is 5.65 Å². The monoisotopic (exact) mass is 462 g/mol. The minimum atomic E-state index is -0.458. The van der Waals surface area contributed by atoms with Crippen LogP contribution in [0.1, 0.15) is 49.0 Å². The number of H-pyrrole nitrogens is 1. The first-order valence-corrected chi connectivity index (χ1v) is 10.9. The van der Waals surface area contributed by atoms with Crippen LogP contribution in [0.2, 0.25) is 0 Å². The lowest BCUT2D eigenvalue weighted by Crippen LogP contribution is -2.31. The number of hydrogen-bond donors (Lipinski definition) is 1. The second kappa shape index (κ2) is 6.81. The Morgan fingerprint density at radius 3 is 2.68 bits per heavy atom. The molecule has 2 aromatic heterocycles. The first kappa shape index (κ1) is 18.1. The molecule has 2 aliphatic rings. The third kappa shape index (κ3) is 3.30. The van der Waals surface area contributed by atoms with Gasteiger partial charge in [0.05, 0.1) is 0 Å². The van der Waals surface area contributed by atoms with Gasteiger partial charge >= 0.3 is 5.69 Å². The maximum atomic E-state index is 13.3. The molecule has 1 aromatic carbocycles. The zero-order valence-corrected chi connectivity index (χ0v) is 17.1. The molecule has 2 heterocycles. The van der Waals surface area contributed by atoms with Crippen molar-refractivity contribution >= 4 is 38.7 Å². The van der Waals surface area contributed by atoms with Gasteiger partial charge in [-0.1, -0.05) is 22.0 Å². The third-order valence-corrected chi connectivity index (χ3v) is 6.76. The summed E-state index contributed by atoms with van der Waals surface area (Å²) in [6, 6.07) is 4.63. The van der Waals surface area contributed by atoms with E-state index in [1.807, 2.05) is 0 Å². The van der Waals surface area contributed by atoms with Crippen molar-refractivity contribution in [1.82, 2.24) is 19.5 Å². The highest BCUT2D eigenvalue weighted by molar-refractivity contribution is 9.10. The Labute approximate surface area is 171 Å². The van der Waals surface area contributed by atoms with E-state index in [9.17, 15) is 14.0 Å². The summed E-state index contributed by atoms with van der Waals surface area (Å²) in [5.41, 5.74) is 0.476. The van der Waals surface area contributed by atoms with Crippen LogP contribution in [-0.4, -0.2) is 19.5 Å². The summed E-state index contributed by atoms with van der Waals surface area (Å²) in [5.74, 6) is 1.20. The minimum absolute atomic E-state index is 0.0953. The molecule has 0 spiro atoms. The summed E-state index contributed by atoms with van der Waals surface area (Å²) in [4.78, 5) is 36.7. The number of halogens is 2. The van der Waals surface area contributed by atoms with Crippen LogP contribution < -0.4 is 11.2 Å². The van der Waals surface area contributed by atoms with Gasteiger partial charge in [0.25, 0.3) is 5.56 Å². The molecule has 9 heteroatoms. The molecule has 0 saturated heterocycles. The van der Waals surface area contributed by atoms with Gasteiger partial charge in [-0.05, 0) is 43.4 Å². The van der Waals surface area contributed by atoms with E-state index in [4.69, 9.17) is 0 Å². The van der Waals surface area contributed by atoms with E-state index in [1.165, 1.54) is 23.9 Å². The number of hydrogen-bond acceptors (Lipinski definition) is 5. The summed E-state index contributed by atoms with van der Waals surface area (Å²) in [6.07, 6.45) is 3.87. The van der Waals surface area contributed by atoms with Crippen molar-refractivity contribution in [2.75, 3.05) is 0 Å². The van der Waals surface area contributed by atoms with E-state index in [0.29, 0.717) is 38.0 Å². The molecule has 28 heavy (non-hydrogen) atoms. The van der Waals surface area contributed by atoms with Crippen LogP contribution in [0.3, 0.4) is 0 Å². The second-order valence-electron chi connectivity index (χ2n) is 7.24. The Morgan fingerprint density at radius 2 is 2.00 bits per heavy atom. The average Bonchev–Trinajstić information content (AvgIpc) is 3.53. The number of nitrogens with one attached hydrogen (secondary N) is 1. The smallest absolute Gasteiger partial charge is 0.274 e. The zero-order valence-electron chi connectivity index (χ0n) is 14.7. The molecule has 2 saturated carbocycles. The van der Waals surface area contributed by atoms with E-state index >= 15 is 0 Å². The molecule has 0 bridgehead atoms. The van der Waals surface area contributed by atoms with Crippen LogP contribution >= 0.6 is 27.7 Å². The molecule has 3 aromatic rings. The number of thioether (sulfide) groups is 1. The maximum absolute atomic E-state index is 13.3. The second-order valence-corrected chi connectivity index (χ2v) is 9.06. The van der Waals surface area contributed by atoms with Crippen molar-refractivity contribution in [3.05, 3.63) is 60.7 Å². The van der Waals surface area contributed by atoms with Crippen LogP contribution in [-0.2, 0) is 5.75 Å². The SMILES string of the molecule is O=c1[nH]c(=O)n(C2CC2)c2nc(C3CC3)nc(SCc3ccc(F)cc3Br)c12. The highest BCUT2D eigenvalue weighted by atomic mass is 79.9. The topological polar surface area (TPSA) is 80.6 Å². The zero-order chi connectivity index (χ0) is 19.4. The largest absolute Gasteiger partial charge is 0.330 e. The molecule has 0 aliphatic heterocycles. The predicted octanol–water partition coefficient (Wildman–Crippen LogP) is 3.89. The van der Waals surface area contributed by atoms with Crippen LogP contribution in [0.25, 0.3) is 11.0 Å². The number of fused-ring (bicyclic) bond motifs is 1. The molecule has 2 fully saturated rings. The summed E-state index contributed by atoms with van der Waals surface area (Å²) in [7, 11) is 0. The lowest BCUT2D eigenvalue weighted by molar-refractivity contribution is 0.626. The lowest BCUT2D eigenvalue weighted by atomic mass is 10.2. The molecular weight excluding hydrogens is 447 g/mol. The fourth-order valence-corrected chi connectivity index (χ4v) is 4.93. The molecule has 144 valence electrons. The van der Waals surface area contributed by atoms with Crippen LogP contribution in [0, 0.1) is 5.82 Å². The summed E-state index contributed by atoms with van der Waals surface area (Å²) >= 11 is 4.79. The number of rotatable bonds is 5. The maximum Gasteiger partial charge on any atom is 0.330 e. The Kier molecular flexibility index (Phi) is 4.39. The highest BCUT2D eigenvalue weighted by Crippen LogP contribution is 2.41. The molecule has 5 rings (SSSR count). The summed E-state index contributed by atoms with van der Waals surface area (Å²) in [5, 5.41) is 0.929. The number of aromatic amines is 1. The van der Waals surface area contributed by atoms with E-state index in [1.54, 1.807) is 10.6 Å².